The minimum atomic E-state index is -0.138. The van der Waals surface area contributed by atoms with Crippen molar-refractivity contribution in [2.45, 2.75) is 25.3 Å². The summed E-state index contributed by atoms with van der Waals surface area (Å²) < 4.78 is 5.69. The van der Waals surface area contributed by atoms with Gasteiger partial charge in [0, 0.05) is 12.3 Å². The third-order valence-electron chi connectivity index (χ3n) is 3.73. The number of fused-ring (bicyclic) bond motifs is 1. The Labute approximate surface area is 111 Å². The van der Waals surface area contributed by atoms with Crippen LogP contribution in [-0.4, -0.2) is 17.3 Å². The van der Waals surface area contributed by atoms with Crippen molar-refractivity contribution in [3.05, 3.63) is 42.5 Å². The van der Waals surface area contributed by atoms with E-state index < -0.39 is 0 Å². The maximum atomic E-state index is 5.69. The molecule has 2 aliphatic rings. The van der Waals surface area contributed by atoms with E-state index in [1.165, 1.54) is 5.39 Å². The third kappa shape index (κ3) is 1.65. The Bertz CT molecular complexity index is 721. The molecular weight excluding hydrogens is 236 g/mol. The number of benzene rings is 2. The number of nitrogens with zero attached hydrogens (tertiary/aromatic N) is 2. The summed E-state index contributed by atoms with van der Waals surface area (Å²) in [4.78, 5) is 9.29. The van der Waals surface area contributed by atoms with Crippen LogP contribution in [0.5, 0.6) is 0 Å². The first-order valence-corrected chi connectivity index (χ1v) is 6.58. The Morgan fingerprint density at radius 2 is 1.89 bits per heavy atom. The van der Waals surface area contributed by atoms with Gasteiger partial charge >= 0.3 is 0 Å². The fourth-order valence-electron chi connectivity index (χ4n) is 2.59. The molecule has 0 amide bonds. The summed E-state index contributed by atoms with van der Waals surface area (Å²) >= 11 is 0. The van der Waals surface area contributed by atoms with Crippen molar-refractivity contribution in [2.75, 3.05) is 0 Å². The highest BCUT2D eigenvalue weighted by Gasteiger charge is 2.53. The second-order valence-corrected chi connectivity index (χ2v) is 5.18. The van der Waals surface area contributed by atoms with Crippen LogP contribution in [0.4, 0.5) is 5.69 Å². The number of hydrogen-bond acceptors (Lipinski definition) is 3. The average molecular weight is 250 g/mol. The first-order chi connectivity index (χ1) is 9.27. The lowest BCUT2D eigenvalue weighted by molar-refractivity contribution is 0.545. The molecule has 0 bridgehead atoms. The summed E-state index contributed by atoms with van der Waals surface area (Å²) in [5.41, 5.74) is 0.824. The summed E-state index contributed by atoms with van der Waals surface area (Å²) in [5, 5.41) is 2.35. The molecule has 3 heteroatoms. The molecule has 1 aliphatic heterocycles. The smallest absolute Gasteiger partial charge is 0.224 e. The standard InChI is InChI=1S/C16H14N2O/c1-11-18-16(9-10-16)15(19-11)17-14-8-4-6-12-5-2-3-7-13(12)14/h2-8H,9-10H2,1H3. The highest BCUT2D eigenvalue weighted by Crippen LogP contribution is 2.45. The summed E-state index contributed by atoms with van der Waals surface area (Å²) in [6.45, 7) is 1.89. The van der Waals surface area contributed by atoms with E-state index in [1.807, 2.05) is 31.2 Å². The molecular formula is C16H14N2O. The molecule has 1 heterocycles. The maximum absolute atomic E-state index is 5.69. The summed E-state index contributed by atoms with van der Waals surface area (Å²) in [6.07, 6.45) is 2.10. The molecule has 0 radical (unpaired) electrons. The van der Waals surface area contributed by atoms with Crippen LogP contribution in [0.2, 0.25) is 0 Å². The topological polar surface area (TPSA) is 34.0 Å². The van der Waals surface area contributed by atoms with E-state index in [0.29, 0.717) is 0 Å². The van der Waals surface area contributed by atoms with Gasteiger partial charge in [0.05, 0.1) is 5.69 Å². The van der Waals surface area contributed by atoms with E-state index in [1.54, 1.807) is 0 Å². The molecule has 0 saturated heterocycles. The minimum Gasteiger partial charge on any atom is -0.427 e. The number of hydrogen-bond donors (Lipinski definition) is 0. The predicted octanol–water partition coefficient (Wildman–Crippen LogP) is 3.85. The Kier molecular flexibility index (Phi) is 2.07. The van der Waals surface area contributed by atoms with Crippen LogP contribution in [0.1, 0.15) is 19.8 Å². The Hall–Kier alpha value is -2.16. The lowest BCUT2D eigenvalue weighted by Crippen LogP contribution is -2.16. The molecule has 1 aliphatic carbocycles. The van der Waals surface area contributed by atoms with Gasteiger partial charge in [-0.05, 0) is 24.3 Å². The lowest BCUT2D eigenvalue weighted by Gasteiger charge is -2.06. The van der Waals surface area contributed by atoms with Crippen LogP contribution >= 0.6 is 0 Å². The Morgan fingerprint density at radius 3 is 2.74 bits per heavy atom. The molecule has 1 fully saturated rings. The fraction of sp³-hybridized carbons (Fsp3) is 0.250. The van der Waals surface area contributed by atoms with Crippen molar-refractivity contribution in [2.24, 2.45) is 9.98 Å². The highest BCUT2D eigenvalue weighted by molar-refractivity contribution is 6.06. The molecule has 2 aromatic carbocycles. The SMILES string of the molecule is CC1=NC2(CC2)C(=Nc2cccc3ccccc23)O1. The largest absolute Gasteiger partial charge is 0.427 e. The first kappa shape index (κ1) is 10.7. The van der Waals surface area contributed by atoms with Crippen LogP contribution in [0, 0.1) is 0 Å². The predicted molar refractivity (Wildman–Crippen MR) is 77.2 cm³/mol. The van der Waals surface area contributed by atoms with Gasteiger partial charge < -0.3 is 4.74 Å². The molecule has 0 N–H and O–H groups in total. The Morgan fingerprint density at radius 1 is 1.11 bits per heavy atom. The van der Waals surface area contributed by atoms with Crippen molar-refractivity contribution >= 4 is 28.3 Å². The molecule has 2 aromatic rings. The lowest BCUT2D eigenvalue weighted by atomic mass is 10.1. The number of aliphatic imine (C=N–C) groups is 2. The van der Waals surface area contributed by atoms with Gasteiger partial charge in [0.1, 0.15) is 5.54 Å². The average Bonchev–Trinajstić information content (AvgIpc) is 3.12. The summed E-state index contributed by atoms with van der Waals surface area (Å²) in [5.74, 6) is 1.50. The molecule has 3 nitrogen and oxygen atoms in total. The molecule has 1 spiro atoms. The molecule has 0 unspecified atom stereocenters. The summed E-state index contributed by atoms with van der Waals surface area (Å²) in [7, 11) is 0. The van der Waals surface area contributed by atoms with Crippen LogP contribution in [0.3, 0.4) is 0 Å². The molecule has 0 aromatic heterocycles. The second-order valence-electron chi connectivity index (χ2n) is 5.18. The highest BCUT2D eigenvalue weighted by atomic mass is 16.5. The van der Waals surface area contributed by atoms with E-state index in [-0.39, 0.29) is 5.54 Å². The zero-order chi connectivity index (χ0) is 12.9. The van der Waals surface area contributed by atoms with Gasteiger partial charge in [-0.1, -0.05) is 36.4 Å². The van der Waals surface area contributed by atoms with Crippen molar-refractivity contribution in [3.63, 3.8) is 0 Å². The second kappa shape index (κ2) is 3.67. The first-order valence-electron chi connectivity index (χ1n) is 6.58. The summed E-state index contributed by atoms with van der Waals surface area (Å²) in [6, 6.07) is 14.4. The van der Waals surface area contributed by atoms with Gasteiger partial charge in [0.2, 0.25) is 5.90 Å². The van der Waals surface area contributed by atoms with E-state index in [9.17, 15) is 0 Å². The van der Waals surface area contributed by atoms with Gasteiger partial charge in [-0.25, -0.2) is 9.98 Å². The van der Waals surface area contributed by atoms with Crippen molar-refractivity contribution in [1.29, 1.82) is 0 Å². The van der Waals surface area contributed by atoms with E-state index in [0.717, 1.165) is 35.7 Å². The molecule has 0 atom stereocenters. The van der Waals surface area contributed by atoms with E-state index >= 15 is 0 Å². The van der Waals surface area contributed by atoms with Crippen LogP contribution < -0.4 is 0 Å². The van der Waals surface area contributed by atoms with E-state index in [2.05, 4.69) is 23.2 Å². The van der Waals surface area contributed by atoms with E-state index in [4.69, 9.17) is 9.73 Å². The van der Waals surface area contributed by atoms with Gasteiger partial charge in [-0.2, -0.15) is 0 Å². The quantitative estimate of drug-likeness (QED) is 0.756. The zero-order valence-corrected chi connectivity index (χ0v) is 10.8. The normalized spacial score (nSPS) is 21.7. The molecule has 1 saturated carbocycles. The maximum Gasteiger partial charge on any atom is 0.224 e. The number of rotatable bonds is 1. The van der Waals surface area contributed by atoms with Gasteiger partial charge in [-0.15, -0.1) is 0 Å². The minimum absolute atomic E-state index is 0.138. The van der Waals surface area contributed by atoms with Crippen LogP contribution in [-0.2, 0) is 4.74 Å². The van der Waals surface area contributed by atoms with Gasteiger partial charge in [0.15, 0.2) is 5.90 Å². The molecule has 4 rings (SSSR count). The monoisotopic (exact) mass is 250 g/mol. The fourth-order valence-corrected chi connectivity index (χ4v) is 2.59. The number of ether oxygens (including phenoxy) is 1. The van der Waals surface area contributed by atoms with Crippen molar-refractivity contribution < 1.29 is 4.74 Å². The van der Waals surface area contributed by atoms with Crippen LogP contribution in [0.25, 0.3) is 10.8 Å². The van der Waals surface area contributed by atoms with Crippen LogP contribution in [0.15, 0.2) is 52.4 Å². The zero-order valence-electron chi connectivity index (χ0n) is 10.8. The van der Waals surface area contributed by atoms with Gasteiger partial charge in [0.25, 0.3) is 0 Å². The van der Waals surface area contributed by atoms with Crippen molar-refractivity contribution in [1.82, 2.24) is 0 Å². The van der Waals surface area contributed by atoms with Gasteiger partial charge in [-0.3, -0.25) is 0 Å². The Balaban J connectivity index is 1.85. The molecule has 19 heavy (non-hydrogen) atoms. The van der Waals surface area contributed by atoms with Crippen molar-refractivity contribution in [3.8, 4) is 0 Å². The molecule has 94 valence electrons. The third-order valence-corrected chi connectivity index (χ3v) is 3.73.